The van der Waals surface area contributed by atoms with Crippen LogP contribution >= 0.6 is 0 Å². The molecule has 0 N–H and O–H groups in total. The fourth-order valence-electron chi connectivity index (χ4n) is 1.13. The van der Waals surface area contributed by atoms with Crippen molar-refractivity contribution in [3.63, 3.8) is 0 Å². The standard InChI is InChI=1S/C11H8O2/c1-2-4-9-5-3-6-10(7-12)11(9)8-13/h2-3,5-6H,1,4H2. The highest BCUT2D eigenvalue weighted by Gasteiger charge is 2.06. The van der Waals surface area contributed by atoms with Gasteiger partial charge in [0.2, 0.25) is 12.6 Å². The van der Waals surface area contributed by atoms with Gasteiger partial charge in [-0.05, 0) is 12.0 Å². The first-order valence-corrected chi connectivity index (χ1v) is 3.82. The van der Waals surface area contributed by atoms with Crippen LogP contribution in [0.15, 0.2) is 30.9 Å². The molecule has 0 aliphatic rings. The Bertz CT molecular complexity index is 340. The van der Waals surface area contributed by atoms with Crippen molar-refractivity contribution in [3.8, 4) is 0 Å². The Hall–Kier alpha value is -1.70. The van der Waals surface area contributed by atoms with Crippen molar-refractivity contribution in [1.82, 2.24) is 0 Å². The molecule has 1 rings (SSSR count). The number of allylic oxidation sites excluding steroid dienone is 1. The third-order valence-corrected chi connectivity index (χ3v) is 1.73. The van der Waals surface area contributed by atoms with Gasteiger partial charge in [-0.3, -0.25) is 9.59 Å². The van der Waals surface area contributed by atoms with E-state index in [1.54, 1.807) is 36.8 Å². The normalized spacial score (nSPS) is 9.23. The average Bonchev–Trinajstić information content (AvgIpc) is 2.18. The van der Waals surface area contributed by atoms with Crippen molar-refractivity contribution in [1.29, 1.82) is 0 Å². The summed E-state index contributed by atoms with van der Waals surface area (Å²) in [5, 5.41) is 0. The molecule has 0 aromatic heterocycles. The van der Waals surface area contributed by atoms with E-state index in [0.717, 1.165) is 5.56 Å². The Morgan fingerprint density at radius 1 is 1.31 bits per heavy atom. The molecule has 0 saturated heterocycles. The van der Waals surface area contributed by atoms with Crippen molar-refractivity contribution in [2.24, 2.45) is 0 Å². The summed E-state index contributed by atoms with van der Waals surface area (Å²) in [6.45, 7) is 3.56. The van der Waals surface area contributed by atoms with Crippen molar-refractivity contribution < 1.29 is 9.59 Å². The first-order valence-electron chi connectivity index (χ1n) is 3.82. The van der Waals surface area contributed by atoms with E-state index in [9.17, 15) is 9.59 Å². The van der Waals surface area contributed by atoms with Gasteiger partial charge >= 0.3 is 0 Å². The van der Waals surface area contributed by atoms with E-state index in [2.05, 4.69) is 6.58 Å². The molecule has 0 unspecified atom stereocenters. The number of hydrogen-bond donors (Lipinski definition) is 0. The van der Waals surface area contributed by atoms with E-state index in [4.69, 9.17) is 0 Å². The molecule has 2 radical (unpaired) electrons. The molecule has 2 heteroatoms. The van der Waals surface area contributed by atoms with Crippen LogP contribution in [0.2, 0.25) is 0 Å². The molecule has 13 heavy (non-hydrogen) atoms. The molecule has 64 valence electrons. The van der Waals surface area contributed by atoms with Gasteiger partial charge in [-0.25, -0.2) is 0 Å². The summed E-state index contributed by atoms with van der Waals surface area (Å²) in [4.78, 5) is 21.0. The maximum absolute atomic E-state index is 10.5. The highest BCUT2D eigenvalue weighted by atomic mass is 16.1. The lowest BCUT2D eigenvalue weighted by Gasteiger charge is -2.01. The molecule has 0 aliphatic heterocycles. The smallest absolute Gasteiger partial charge is 0.234 e. The topological polar surface area (TPSA) is 34.1 Å². The van der Waals surface area contributed by atoms with Gasteiger partial charge in [-0.1, -0.05) is 24.3 Å². The van der Waals surface area contributed by atoms with Crippen molar-refractivity contribution in [2.75, 3.05) is 0 Å². The van der Waals surface area contributed by atoms with Crippen LogP contribution in [-0.2, 0) is 16.0 Å². The molecular weight excluding hydrogens is 164 g/mol. The second-order valence-electron chi connectivity index (χ2n) is 2.54. The van der Waals surface area contributed by atoms with E-state index >= 15 is 0 Å². The van der Waals surface area contributed by atoms with Crippen LogP contribution in [-0.4, -0.2) is 12.6 Å². The number of carbonyl (C=O) groups excluding carboxylic acids is 2. The molecular formula is C11H8O2. The van der Waals surface area contributed by atoms with E-state index in [-0.39, 0.29) is 11.1 Å². The summed E-state index contributed by atoms with van der Waals surface area (Å²) in [6, 6.07) is 5.02. The third-order valence-electron chi connectivity index (χ3n) is 1.73. The molecule has 1 aromatic carbocycles. The average molecular weight is 172 g/mol. The molecule has 1 aromatic rings. The maximum Gasteiger partial charge on any atom is 0.234 e. The fraction of sp³-hybridized carbons (Fsp3) is 0.0909. The van der Waals surface area contributed by atoms with Gasteiger partial charge in [0.1, 0.15) is 0 Å². The minimum Gasteiger partial charge on any atom is -0.285 e. The van der Waals surface area contributed by atoms with Crippen LogP contribution in [0.3, 0.4) is 0 Å². The summed E-state index contributed by atoms with van der Waals surface area (Å²) in [7, 11) is 0. The lowest BCUT2D eigenvalue weighted by Crippen LogP contribution is -1.97. The number of hydrogen-bond acceptors (Lipinski definition) is 2. The summed E-state index contributed by atoms with van der Waals surface area (Å²) in [5.41, 5.74) is 1.30. The predicted molar refractivity (Wildman–Crippen MR) is 49.9 cm³/mol. The predicted octanol–water partition coefficient (Wildman–Crippen LogP) is 1.33. The Balaban J connectivity index is 3.25. The minimum absolute atomic E-state index is 0.259. The van der Waals surface area contributed by atoms with E-state index in [1.807, 2.05) is 0 Å². The number of benzene rings is 1. The quantitative estimate of drug-likeness (QED) is 0.642. The van der Waals surface area contributed by atoms with Crippen LogP contribution in [0.4, 0.5) is 0 Å². The van der Waals surface area contributed by atoms with Gasteiger partial charge in [-0.15, -0.1) is 6.58 Å². The van der Waals surface area contributed by atoms with Gasteiger partial charge in [0.15, 0.2) is 0 Å². The van der Waals surface area contributed by atoms with Crippen molar-refractivity contribution in [3.05, 3.63) is 47.5 Å². The molecule has 0 fully saturated rings. The van der Waals surface area contributed by atoms with Gasteiger partial charge < -0.3 is 0 Å². The fourth-order valence-corrected chi connectivity index (χ4v) is 1.13. The molecule has 0 spiro atoms. The van der Waals surface area contributed by atoms with Gasteiger partial charge in [0.25, 0.3) is 0 Å². The lowest BCUT2D eigenvalue weighted by atomic mass is 10.0. The van der Waals surface area contributed by atoms with Crippen LogP contribution in [0, 0.1) is 0 Å². The zero-order chi connectivity index (χ0) is 9.68. The largest absolute Gasteiger partial charge is 0.285 e. The van der Waals surface area contributed by atoms with Gasteiger partial charge in [-0.2, -0.15) is 0 Å². The van der Waals surface area contributed by atoms with Gasteiger partial charge in [0, 0.05) is 11.1 Å². The monoisotopic (exact) mass is 172 g/mol. The molecule has 0 atom stereocenters. The second kappa shape index (κ2) is 4.36. The summed E-state index contributed by atoms with van der Waals surface area (Å²) >= 11 is 0. The Labute approximate surface area is 76.9 Å². The van der Waals surface area contributed by atoms with Gasteiger partial charge in [0.05, 0.1) is 0 Å². The molecule has 0 saturated carbocycles. The zero-order valence-electron chi connectivity index (χ0n) is 7.04. The molecule has 0 amide bonds. The van der Waals surface area contributed by atoms with E-state index in [1.165, 1.54) is 0 Å². The van der Waals surface area contributed by atoms with Crippen molar-refractivity contribution >= 4 is 12.6 Å². The zero-order valence-corrected chi connectivity index (χ0v) is 7.04. The molecule has 0 bridgehead atoms. The highest BCUT2D eigenvalue weighted by molar-refractivity contribution is 5.92. The Morgan fingerprint density at radius 2 is 2.08 bits per heavy atom. The lowest BCUT2D eigenvalue weighted by molar-refractivity contribution is 0.558. The SMILES string of the molecule is C=CCc1cccc([C]=O)c1[C]=O. The highest BCUT2D eigenvalue weighted by Crippen LogP contribution is 2.11. The van der Waals surface area contributed by atoms with Crippen LogP contribution < -0.4 is 0 Å². The Kier molecular flexibility index (Phi) is 3.15. The minimum atomic E-state index is 0.259. The van der Waals surface area contributed by atoms with E-state index < -0.39 is 0 Å². The first kappa shape index (κ1) is 9.39. The second-order valence-corrected chi connectivity index (χ2v) is 2.54. The van der Waals surface area contributed by atoms with Crippen molar-refractivity contribution in [2.45, 2.75) is 6.42 Å². The third kappa shape index (κ3) is 1.90. The van der Waals surface area contributed by atoms with E-state index in [0.29, 0.717) is 6.42 Å². The van der Waals surface area contributed by atoms with Crippen LogP contribution in [0.5, 0.6) is 0 Å². The number of rotatable bonds is 4. The van der Waals surface area contributed by atoms with Crippen LogP contribution in [0.25, 0.3) is 0 Å². The molecule has 0 aliphatic carbocycles. The molecule has 0 heterocycles. The summed E-state index contributed by atoms with van der Waals surface area (Å²) < 4.78 is 0. The first-order chi connectivity index (χ1) is 6.33. The van der Waals surface area contributed by atoms with Crippen LogP contribution in [0.1, 0.15) is 16.7 Å². The summed E-state index contributed by atoms with van der Waals surface area (Å²) in [6.07, 6.45) is 5.67. The molecule has 2 nitrogen and oxygen atoms in total. The Morgan fingerprint density at radius 3 is 2.62 bits per heavy atom. The maximum atomic E-state index is 10.5. The summed E-state index contributed by atoms with van der Waals surface area (Å²) in [5.74, 6) is 0.